The minimum absolute atomic E-state index is 0.131. The van der Waals surface area contributed by atoms with Crippen molar-refractivity contribution in [2.45, 2.75) is 49.3 Å². The Balaban J connectivity index is 1.30. The lowest BCUT2D eigenvalue weighted by atomic mass is 9.96. The van der Waals surface area contributed by atoms with Gasteiger partial charge in [-0.05, 0) is 42.3 Å². The molecule has 43 heavy (non-hydrogen) atoms. The number of sulfone groups is 1. The van der Waals surface area contributed by atoms with E-state index in [1.165, 1.54) is 55.5 Å². The van der Waals surface area contributed by atoms with Gasteiger partial charge in [0.1, 0.15) is 23.3 Å². The zero-order valence-electron chi connectivity index (χ0n) is 22.3. The lowest BCUT2D eigenvalue weighted by molar-refractivity contribution is -0.385. The summed E-state index contributed by atoms with van der Waals surface area (Å²) in [5.41, 5.74) is 0.313. The summed E-state index contributed by atoms with van der Waals surface area (Å²) in [5.74, 6) is -2.45. The smallest absolute Gasteiger partial charge is 0.360 e. The largest absolute Gasteiger partial charge is 0.459 e. The number of carbonyl (C=O) groups excluding carboxylic acids is 3. The van der Waals surface area contributed by atoms with Gasteiger partial charge in [0.25, 0.3) is 11.4 Å². The second-order valence-electron chi connectivity index (χ2n) is 10.1. The van der Waals surface area contributed by atoms with Gasteiger partial charge in [0.05, 0.1) is 29.0 Å². The molecule has 0 bridgehead atoms. The summed E-state index contributed by atoms with van der Waals surface area (Å²) in [6.45, 7) is 0.261. The van der Waals surface area contributed by atoms with E-state index in [1.54, 1.807) is 0 Å². The van der Waals surface area contributed by atoms with Crippen LogP contribution in [0.4, 0.5) is 11.4 Å². The number of hydrogen-bond acceptors (Lipinski definition) is 13. The fraction of sp³-hybridized carbons (Fsp3) is 0.320. The molecular weight excluding hydrogens is 592 g/mol. The molecule has 3 aromatic rings. The Bertz CT molecular complexity index is 1740. The molecule has 0 N–H and O–H groups in total. The first-order valence-electron chi connectivity index (χ1n) is 12.6. The zero-order valence-corrected chi connectivity index (χ0v) is 23.1. The van der Waals surface area contributed by atoms with Crippen LogP contribution in [0.25, 0.3) is 0 Å². The van der Waals surface area contributed by atoms with Crippen LogP contribution in [0.3, 0.4) is 0 Å². The van der Waals surface area contributed by atoms with Crippen molar-refractivity contribution in [2.24, 2.45) is 0 Å². The maximum Gasteiger partial charge on any atom is 0.360 e. The third kappa shape index (κ3) is 5.27. The Kier molecular flexibility index (Phi) is 7.38. The number of carbonyl (C=O) groups is 3. The van der Waals surface area contributed by atoms with Crippen LogP contribution >= 0.6 is 0 Å². The Morgan fingerprint density at radius 3 is 2.02 bits per heavy atom. The van der Waals surface area contributed by atoms with Crippen molar-refractivity contribution < 1.29 is 42.1 Å². The summed E-state index contributed by atoms with van der Waals surface area (Å²) < 4.78 is 36.7. The lowest BCUT2D eigenvalue weighted by Gasteiger charge is -2.36. The lowest BCUT2D eigenvalue weighted by Crippen LogP contribution is -2.58. The first-order valence-corrected chi connectivity index (χ1v) is 14.1. The van der Waals surface area contributed by atoms with E-state index < -0.39 is 60.2 Å². The topological polar surface area (TPSA) is 224 Å². The van der Waals surface area contributed by atoms with Gasteiger partial charge in [-0.1, -0.05) is 5.21 Å². The standard InChI is InChI=1S/C25H22N6O11S/c1-25(14-28-11-19(26-27-28)23(33)41-12-15-2-6-17(7-3-15)30(35)36)22(29-20(32)10-21(29)43(25,39)40)24(34)42-13-16-4-8-18(9-5-16)31(37)38/h2-9,11,21-22H,10,12-14H2,1H3/t21-,22+,25+/m1/s1. The van der Waals surface area contributed by atoms with Gasteiger partial charge in [-0.25, -0.2) is 22.7 Å². The number of amides is 1. The fourth-order valence-corrected chi connectivity index (χ4v) is 7.30. The molecule has 18 heteroatoms. The quantitative estimate of drug-likeness (QED) is 0.136. The average molecular weight is 615 g/mol. The molecule has 17 nitrogen and oxygen atoms in total. The van der Waals surface area contributed by atoms with Crippen LogP contribution < -0.4 is 0 Å². The van der Waals surface area contributed by atoms with Crippen molar-refractivity contribution in [3.63, 3.8) is 0 Å². The number of β-lactam (4-membered cyclic amide) rings is 1. The van der Waals surface area contributed by atoms with E-state index in [9.17, 15) is 43.0 Å². The number of aromatic nitrogens is 3. The SMILES string of the molecule is C[C@]1(Cn2cc(C(=O)OCc3ccc([N+](=O)[O-])cc3)nn2)[C@H](C(=O)OCc2ccc([N+](=O)[O-])cc2)N2C(=O)C[C@H]2S1(=O)=O. The second kappa shape index (κ2) is 10.9. The number of nitro benzene ring substituents is 2. The van der Waals surface area contributed by atoms with Gasteiger partial charge in [0, 0.05) is 24.3 Å². The Morgan fingerprint density at radius 1 is 0.977 bits per heavy atom. The van der Waals surface area contributed by atoms with Gasteiger partial charge in [-0.15, -0.1) is 5.10 Å². The van der Waals surface area contributed by atoms with Crippen LogP contribution in [0.1, 0.15) is 35.0 Å². The summed E-state index contributed by atoms with van der Waals surface area (Å²) in [5, 5.41) is 28.0. The third-order valence-corrected chi connectivity index (χ3v) is 10.1. The number of fused-ring (bicyclic) bond motifs is 1. The molecule has 0 radical (unpaired) electrons. The number of esters is 2. The average Bonchev–Trinajstić information content (AvgIpc) is 3.48. The molecule has 3 heterocycles. The van der Waals surface area contributed by atoms with Crippen molar-refractivity contribution in [2.75, 3.05) is 0 Å². The van der Waals surface area contributed by atoms with Crippen LogP contribution in [0, 0.1) is 20.2 Å². The Labute approximate surface area is 242 Å². The minimum Gasteiger partial charge on any atom is -0.459 e. The molecule has 0 aliphatic carbocycles. The van der Waals surface area contributed by atoms with Crippen LogP contribution in [0.15, 0.2) is 54.7 Å². The van der Waals surface area contributed by atoms with Crippen molar-refractivity contribution in [3.05, 3.63) is 91.8 Å². The second-order valence-corrected chi connectivity index (χ2v) is 12.6. The van der Waals surface area contributed by atoms with E-state index in [0.717, 1.165) is 15.8 Å². The predicted molar refractivity (Wildman–Crippen MR) is 141 cm³/mol. The number of hydrogen-bond donors (Lipinski definition) is 0. The summed E-state index contributed by atoms with van der Waals surface area (Å²) in [7, 11) is -4.14. The molecule has 0 saturated carbocycles. The van der Waals surface area contributed by atoms with Gasteiger partial charge >= 0.3 is 11.9 Å². The van der Waals surface area contributed by atoms with Crippen molar-refractivity contribution in [3.8, 4) is 0 Å². The van der Waals surface area contributed by atoms with E-state index in [4.69, 9.17) is 9.47 Å². The predicted octanol–water partition coefficient (Wildman–Crippen LogP) is 1.31. The number of nitrogens with zero attached hydrogens (tertiary/aromatic N) is 6. The normalized spacial score (nSPS) is 21.9. The maximum absolute atomic E-state index is 13.5. The van der Waals surface area contributed by atoms with E-state index in [1.807, 2.05) is 0 Å². The minimum atomic E-state index is -4.14. The van der Waals surface area contributed by atoms with Crippen molar-refractivity contribution >= 4 is 39.1 Å². The Morgan fingerprint density at radius 2 is 1.51 bits per heavy atom. The molecule has 1 amide bonds. The molecule has 2 fully saturated rings. The van der Waals surface area contributed by atoms with Gasteiger partial charge in [0.2, 0.25) is 5.91 Å². The molecule has 224 valence electrons. The first-order chi connectivity index (χ1) is 20.3. The van der Waals surface area contributed by atoms with Gasteiger partial charge in [-0.3, -0.25) is 25.0 Å². The van der Waals surface area contributed by atoms with Crippen LogP contribution in [-0.2, 0) is 48.7 Å². The van der Waals surface area contributed by atoms with Crippen LogP contribution in [0.5, 0.6) is 0 Å². The number of non-ortho nitro benzene ring substituents is 2. The van der Waals surface area contributed by atoms with E-state index >= 15 is 0 Å². The highest BCUT2D eigenvalue weighted by atomic mass is 32.2. The van der Waals surface area contributed by atoms with E-state index in [2.05, 4.69) is 10.3 Å². The molecule has 2 aliphatic rings. The molecule has 2 aliphatic heterocycles. The summed E-state index contributed by atoms with van der Waals surface area (Å²) in [6.07, 6.45) is 0.831. The highest BCUT2D eigenvalue weighted by Gasteiger charge is 2.70. The summed E-state index contributed by atoms with van der Waals surface area (Å²) in [4.78, 5) is 59.7. The maximum atomic E-state index is 13.5. The number of benzene rings is 2. The van der Waals surface area contributed by atoms with Crippen molar-refractivity contribution in [1.29, 1.82) is 0 Å². The zero-order chi connectivity index (χ0) is 31.1. The molecule has 2 saturated heterocycles. The highest BCUT2D eigenvalue weighted by Crippen LogP contribution is 2.47. The molecule has 1 aromatic heterocycles. The van der Waals surface area contributed by atoms with Gasteiger partial charge < -0.3 is 14.4 Å². The van der Waals surface area contributed by atoms with E-state index in [0.29, 0.717) is 11.1 Å². The van der Waals surface area contributed by atoms with Gasteiger partial charge in [0.15, 0.2) is 21.6 Å². The highest BCUT2D eigenvalue weighted by molar-refractivity contribution is 7.93. The summed E-state index contributed by atoms with van der Waals surface area (Å²) in [6, 6.07) is 9.01. The first kappa shape index (κ1) is 29.2. The summed E-state index contributed by atoms with van der Waals surface area (Å²) >= 11 is 0. The molecular formula is C25H22N6O11S. The molecule has 5 rings (SSSR count). The monoisotopic (exact) mass is 614 g/mol. The third-order valence-electron chi connectivity index (χ3n) is 7.30. The van der Waals surface area contributed by atoms with Crippen LogP contribution in [-0.4, -0.2) is 72.2 Å². The number of ether oxygens (including phenoxy) is 2. The molecule has 3 atom stereocenters. The molecule has 0 spiro atoms. The Hall–Kier alpha value is -5.26. The van der Waals surface area contributed by atoms with E-state index in [-0.39, 0.29) is 36.7 Å². The molecule has 2 aromatic carbocycles. The fourth-order valence-electron chi connectivity index (χ4n) is 4.95. The van der Waals surface area contributed by atoms with Crippen molar-refractivity contribution in [1.82, 2.24) is 19.9 Å². The number of rotatable bonds is 10. The number of nitro groups is 2. The van der Waals surface area contributed by atoms with Crippen LogP contribution in [0.2, 0.25) is 0 Å². The molecule has 0 unspecified atom stereocenters. The van der Waals surface area contributed by atoms with Gasteiger partial charge in [-0.2, -0.15) is 0 Å².